The van der Waals surface area contributed by atoms with Gasteiger partial charge >= 0.3 is 6.18 Å². The first-order valence-electron chi connectivity index (χ1n) is 6.19. The molecule has 1 aromatic heterocycles. The summed E-state index contributed by atoms with van der Waals surface area (Å²) < 4.78 is 39.3. The number of halogens is 3. The minimum Gasteiger partial charge on any atom is -0.508 e. The van der Waals surface area contributed by atoms with Crippen molar-refractivity contribution in [3.8, 4) is 17.0 Å². The number of alkyl halides is 3. The van der Waals surface area contributed by atoms with Gasteiger partial charge in [0.1, 0.15) is 5.75 Å². The third-order valence-electron chi connectivity index (χ3n) is 3.29. The van der Waals surface area contributed by atoms with Crippen LogP contribution >= 0.6 is 0 Å². The average molecular weight is 292 g/mol. The van der Waals surface area contributed by atoms with Gasteiger partial charge in [-0.05, 0) is 35.0 Å². The number of benzene rings is 2. The van der Waals surface area contributed by atoms with Gasteiger partial charge in [0.05, 0.1) is 5.69 Å². The SMILES string of the molecule is Cn1nc(C(F)(F)F)cc1-c1ccc2cc(O)ccc2c1. The van der Waals surface area contributed by atoms with Crippen LogP contribution in [0.1, 0.15) is 5.69 Å². The maximum absolute atomic E-state index is 12.7. The van der Waals surface area contributed by atoms with E-state index in [1.165, 1.54) is 17.8 Å². The Kier molecular flexibility index (Phi) is 2.90. The molecule has 0 saturated heterocycles. The fourth-order valence-electron chi connectivity index (χ4n) is 2.27. The van der Waals surface area contributed by atoms with Crippen molar-refractivity contribution in [1.29, 1.82) is 0 Å². The molecule has 3 aromatic rings. The Bertz CT molecular complexity index is 821. The van der Waals surface area contributed by atoms with Crippen molar-refractivity contribution in [2.45, 2.75) is 6.18 Å². The second-order valence-corrected chi connectivity index (χ2v) is 4.78. The average Bonchev–Trinajstić information content (AvgIpc) is 2.80. The smallest absolute Gasteiger partial charge is 0.435 e. The van der Waals surface area contributed by atoms with E-state index in [2.05, 4.69) is 5.10 Å². The number of hydrogen-bond acceptors (Lipinski definition) is 2. The number of hydrogen-bond donors (Lipinski definition) is 1. The summed E-state index contributed by atoms with van der Waals surface area (Å²) >= 11 is 0. The first-order valence-corrected chi connectivity index (χ1v) is 6.19. The molecular weight excluding hydrogens is 281 g/mol. The highest BCUT2D eigenvalue weighted by atomic mass is 19.4. The van der Waals surface area contributed by atoms with Gasteiger partial charge in [-0.25, -0.2) is 0 Å². The van der Waals surface area contributed by atoms with Crippen molar-refractivity contribution in [2.75, 3.05) is 0 Å². The second kappa shape index (κ2) is 4.51. The molecule has 0 radical (unpaired) electrons. The number of aromatic hydroxyl groups is 1. The van der Waals surface area contributed by atoms with Gasteiger partial charge in [-0.1, -0.05) is 18.2 Å². The lowest BCUT2D eigenvalue weighted by Gasteiger charge is -2.04. The van der Waals surface area contributed by atoms with E-state index in [0.29, 0.717) is 11.3 Å². The van der Waals surface area contributed by atoms with E-state index in [1.54, 1.807) is 30.3 Å². The third-order valence-corrected chi connectivity index (χ3v) is 3.29. The van der Waals surface area contributed by atoms with Crippen LogP contribution in [0, 0.1) is 0 Å². The molecule has 0 bridgehead atoms. The Morgan fingerprint density at radius 2 is 1.67 bits per heavy atom. The van der Waals surface area contributed by atoms with Gasteiger partial charge in [0, 0.05) is 12.6 Å². The van der Waals surface area contributed by atoms with Crippen LogP contribution < -0.4 is 0 Å². The lowest BCUT2D eigenvalue weighted by molar-refractivity contribution is -0.141. The van der Waals surface area contributed by atoms with Crippen molar-refractivity contribution in [2.24, 2.45) is 7.05 Å². The van der Waals surface area contributed by atoms with E-state index in [1.807, 2.05) is 0 Å². The highest BCUT2D eigenvalue weighted by Gasteiger charge is 2.34. The van der Waals surface area contributed by atoms with Crippen molar-refractivity contribution in [1.82, 2.24) is 9.78 Å². The van der Waals surface area contributed by atoms with Crippen molar-refractivity contribution >= 4 is 10.8 Å². The molecule has 0 aliphatic heterocycles. The lowest BCUT2D eigenvalue weighted by atomic mass is 10.0. The summed E-state index contributed by atoms with van der Waals surface area (Å²) in [5, 5.41) is 14.6. The Balaban J connectivity index is 2.12. The predicted molar refractivity (Wildman–Crippen MR) is 72.8 cm³/mol. The monoisotopic (exact) mass is 292 g/mol. The fourth-order valence-corrected chi connectivity index (χ4v) is 2.27. The molecule has 3 nitrogen and oxygen atoms in total. The van der Waals surface area contributed by atoms with Crippen molar-refractivity contribution in [3.63, 3.8) is 0 Å². The van der Waals surface area contributed by atoms with Gasteiger partial charge in [-0.2, -0.15) is 18.3 Å². The summed E-state index contributed by atoms with van der Waals surface area (Å²) in [6.45, 7) is 0. The van der Waals surface area contributed by atoms with E-state index >= 15 is 0 Å². The predicted octanol–water partition coefficient (Wildman–Crippen LogP) is 3.96. The molecule has 0 unspecified atom stereocenters. The zero-order valence-electron chi connectivity index (χ0n) is 11.0. The summed E-state index contributed by atoms with van der Waals surface area (Å²) in [7, 11) is 1.48. The molecule has 0 atom stereocenters. The molecule has 3 rings (SSSR count). The highest BCUT2D eigenvalue weighted by Crippen LogP contribution is 2.32. The summed E-state index contributed by atoms with van der Waals surface area (Å²) in [5.74, 6) is 0.148. The number of nitrogens with zero attached hydrogens (tertiary/aromatic N) is 2. The molecule has 0 spiro atoms. The quantitative estimate of drug-likeness (QED) is 0.737. The summed E-state index contributed by atoms with van der Waals surface area (Å²) in [4.78, 5) is 0. The molecule has 0 fully saturated rings. The van der Waals surface area contributed by atoms with Crippen molar-refractivity contribution < 1.29 is 18.3 Å². The van der Waals surface area contributed by atoms with Crippen LogP contribution in [0.2, 0.25) is 0 Å². The summed E-state index contributed by atoms with van der Waals surface area (Å²) in [5.41, 5.74) is 0.113. The molecule has 0 aliphatic rings. The normalized spacial score (nSPS) is 12.0. The number of aromatic nitrogens is 2. The number of phenolic OH excluding ortho intramolecular Hbond substituents is 1. The first kappa shape index (κ1) is 13.5. The molecule has 21 heavy (non-hydrogen) atoms. The Morgan fingerprint density at radius 3 is 2.33 bits per heavy atom. The van der Waals surface area contributed by atoms with Crippen LogP contribution in [-0.4, -0.2) is 14.9 Å². The van der Waals surface area contributed by atoms with Gasteiger partial charge < -0.3 is 5.11 Å². The molecule has 6 heteroatoms. The highest BCUT2D eigenvalue weighted by molar-refractivity contribution is 5.87. The maximum Gasteiger partial charge on any atom is 0.435 e. The number of fused-ring (bicyclic) bond motifs is 1. The molecular formula is C15H11F3N2O. The standard InChI is InChI=1S/C15H11F3N2O/c1-20-13(8-14(19-20)15(16,17)18)11-3-2-10-7-12(21)5-4-9(10)6-11/h2-8,21H,1H3. The van der Waals surface area contributed by atoms with Gasteiger partial charge in [0.2, 0.25) is 0 Å². The number of aryl methyl sites for hydroxylation is 1. The molecule has 2 aromatic carbocycles. The van der Waals surface area contributed by atoms with Crippen LogP contribution in [0.3, 0.4) is 0 Å². The van der Waals surface area contributed by atoms with Gasteiger partial charge in [-0.3, -0.25) is 4.68 Å². The zero-order chi connectivity index (χ0) is 15.2. The van der Waals surface area contributed by atoms with Crippen LogP contribution in [0.5, 0.6) is 5.75 Å². The van der Waals surface area contributed by atoms with Gasteiger partial charge in [-0.15, -0.1) is 0 Å². The topological polar surface area (TPSA) is 38.0 Å². The third kappa shape index (κ3) is 2.44. The zero-order valence-corrected chi connectivity index (χ0v) is 11.0. The summed E-state index contributed by atoms with van der Waals surface area (Å²) in [6.07, 6.45) is -4.46. The summed E-state index contributed by atoms with van der Waals surface area (Å²) in [6, 6.07) is 11.1. The van der Waals surface area contributed by atoms with E-state index in [0.717, 1.165) is 16.8 Å². The lowest BCUT2D eigenvalue weighted by Crippen LogP contribution is -2.06. The van der Waals surface area contributed by atoms with Crippen LogP contribution in [0.25, 0.3) is 22.0 Å². The van der Waals surface area contributed by atoms with Crippen LogP contribution in [0.15, 0.2) is 42.5 Å². The Labute approximate surface area is 118 Å². The molecule has 0 amide bonds. The minimum atomic E-state index is -4.46. The molecule has 1 N–H and O–H groups in total. The van der Waals surface area contributed by atoms with Gasteiger partial charge in [0.15, 0.2) is 5.69 Å². The molecule has 0 aliphatic carbocycles. The molecule has 1 heterocycles. The fraction of sp³-hybridized carbons (Fsp3) is 0.133. The Hall–Kier alpha value is -2.50. The number of phenols is 1. The van der Waals surface area contributed by atoms with Crippen LogP contribution in [-0.2, 0) is 13.2 Å². The van der Waals surface area contributed by atoms with Gasteiger partial charge in [0.25, 0.3) is 0 Å². The van der Waals surface area contributed by atoms with E-state index < -0.39 is 11.9 Å². The largest absolute Gasteiger partial charge is 0.508 e. The number of rotatable bonds is 1. The molecule has 0 saturated carbocycles. The van der Waals surface area contributed by atoms with Crippen molar-refractivity contribution in [3.05, 3.63) is 48.2 Å². The molecule has 108 valence electrons. The second-order valence-electron chi connectivity index (χ2n) is 4.78. The van der Waals surface area contributed by atoms with E-state index in [4.69, 9.17) is 0 Å². The minimum absolute atomic E-state index is 0.148. The maximum atomic E-state index is 12.7. The van der Waals surface area contributed by atoms with E-state index in [-0.39, 0.29) is 5.75 Å². The van der Waals surface area contributed by atoms with E-state index in [9.17, 15) is 18.3 Å². The first-order chi connectivity index (χ1) is 9.84. The van der Waals surface area contributed by atoms with Crippen LogP contribution in [0.4, 0.5) is 13.2 Å². The Morgan fingerprint density at radius 1 is 1.00 bits per heavy atom.